The SMILES string of the molecule is Fc1ccc(Oc2ccc(OCc3ccccc3)cc2)cc1. The van der Waals surface area contributed by atoms with Crippen LogP contribution in [0.15, 0.2) is 78.9 Å². The molecule has 3 heteroatoms. The minimum absolute atomic E-state index is 0.281. The van der Waals surface area contributed by atoms with E-state index in [1.54, 1.807) is 12.1 Å². The second-order valence-electron chi connectivity index (χ2n) is 4.80. The minimum atomic E-state index is -0.281. The Morgan fingerprint density at radius 1 is 0.636 bits per heavy atom. The van der Waals surface area contributed by atoms with Crippen LogP contribution in [0.3, 0.4) is 0 Å². The molecule has 0 aliphatic heterocycles. The summed E-state index contributed by atoms with van der Waals surface area (Å²) in [6, 6.07) is 23.3. The van der Waals surface area contributed by atoms with Gasteiger partial charge in [0.2, 0.25) is 0 Å². The van der Waals surface area contributed by atoms with Crippen LogP contribution in [0.1, 0.15) is 5.56 Å². The lowest BCUT2D eigenvalue weighted by Gasteiger charge is -2.08. The van der Waals surface area contributed by atoms with Crippen molar-refractivity contribution in [1.29, 1.82) is 0 Å². The molecule has 0 unspecified atom stereocenters. The molecule has 0 aliphatic rings. The van der Waals surface area contributed by atoms with Crippen LogP contribution in [0, 0.1) is 5.82 Å². The maximum absolute atomic E-state index is 12.8. The summed E-state index contributed by atoms with van der Waals surface area (Å²) in [7, 11) is 0. The van der Waals surface area contributed by atoms with Gasteiger partial charge >= 0.3 is 0 Å². The molecular weight excluding hydrogens is 279 g/mol. The molecule has 0 aromatic heterocycles. The molecule has 0 saturated heterocycles. The fraction of sp³-hybridized carbons (Fsp3) is 0.0526. The summed E-state index contributed by atoms with van der Waals surface area (Å²) >= 11 is 0. The third kappa shape index (κ3) is 3.85. The van der Waals surface area contributed by atoms with E-state index in [4.69, 9.17) is 9.47 Å². The van der Waals surface area contributed by atoms with Crippen molar-refractivity contribution in [2.24, 2.45) is 0 Å². The molecule has 0 N–H and O–H groups in total. The summed E-state index contributed by atoms with van der Waals surface area (Å²) < 4.78 is 24.2. The Morgan fingerprint density at radius 2 is 1.18 bits per heavy atom. The van der Waals surface area contributed by atoms with Crippen LogP contribution >= 0.6 is 0 Å². The van der Waals surface area contributed by atoms with Gasteiger partial charge in [-0.2, -0.15) is 0 Å². The van der Waals surface area contributed by atoms with Gasteiger partial charge in [0, 0.05) is 0 Å². The zero-order valence-electron chi connectivity index (χ0n) is 11.9. The zero-order chi connectivity index (χ0) is 15.2. The molecule has 0 spiro atoms. The molecule has 0 radical (unpaired) electrons. The summed E-state index contributed by atoms with van der Waals surface area (Å²) in [4.78, 5) is 0. The largest absolute Gasteiger partial charge is 0.489 e. The van der Waals surface area contributed by atoms with Crippen molar-refractivity contribution in [2.75, 3.05) is 0 Å². The van der Waals surface area contributed by atoms with Gasteiger partial charge in [-0.1, -0.05) is 30.3 Å². The Bertz CT molecular complexity index is 707. The van der Waals surface area contributed by atoms with E-state index in [2.05, 4.69) is 0 Å². The summed E-state index contributed by atoms with van der Waals surface area (Å²) in [6.45, 7) is 0.527. The molecule has 0 amide bonds. The summed E-state index contributed by atoms with van der Waals surface area (Å²) in [5.41, 5.74) is 1.12. The van der Waals surface area contributed by atoms with Crippen molar-refractivity contribution in [2.45, 2.75) is 6.61 Å². The van der Waals surface area contributed by atoms with Gasteiger partial charge in [-0.3, -0.25) is 0 Å². The monoisotopic (exact) mass is 294 g/mol. The van der Waals surface area contributed by atoms with Crippen molar-refractivity contribution < 1.29 is 13.9 Å². The Labute approximate surface area is 128 Å². The molecule has 3 aromatic carbocycles. The lowest BCUT2D eigenvalue weighted by atomic mass is 10.2. The van der Waals surface area contributed by atoms with Crippen molar-refractivity contribution >= 4 is 0 Å². The van der Waals surface area contributed by atoms with E-state index in [1.165, 1.54) is 12.1 Å². The van der Waals surface area contributed by atoms with E-state index in [1.807, 2.05) is 54.6 Å². The maximum Gasteiger partial charge on any atom is 0.127 e. The molecule has 0 fully saturated rings. The second kappa shape index (κ2) is 6.76. The molecular formula is C19H15FO2. The first-order valence-electron chi connectivity index (χ1n) is 7.00. The van der Waals surface area contributed by atoms with Crippen LogP contribution in [0.5, 0.6) is 17.2 Å². The van der Waals surface area contributed by atoms with E-state index in [9.17, 15) is 4.39 Å². The zero-order valence-corrected chi connectivity index (χ0v) is 11.9. The second-order valence-corrected chi connectivity index (χ2v) is 4.80. The first kappa shape index (κ1) is 14.1. The van der Waals surface area contributed by atoms with Crippen LogP contribution < -0.4 is 9.47 Å². The maximum atomic E-state index is 12.8. The molecule has 22 heavy (non-hydrogen) atoms. The Morgan fingerprint density at radius 3 is 1.82 bits per heavy atom. The van der Waals surface area contributed by atoms with Crippen molar-refractivity contribution in [3.63, 3.8) is 0 Å². The lowest BCUT2D eigenvalue weighted by Crippen LogP contribution is -1.94. The molecule has 3 rings (SSSR count). The highest BCUT2D eigenvalue weighted by Crippen LogP contribution is 2.24. The smallest absolute Gasteiger partial charge is 0.127 e. The van der Waals surface area contributed by atoms with Gasteiger partial charge in [-0.05, 0) is 54.1 Å². The van der Waals surface area contributed by atoms with Crippen LogP contribution in [0.2, 0.25) is 0 Å². The first-order valence-corrected chi connectivity index (χ1v) is 7.00. The van der Waals surface area contributed by atoms with Crippen molar-refractivity contribution in [3.05, 3.63) is 90.2 Å². The van der Waals surface area contributed by atoms with Crippen LogP contribution in [0.25, 0.3) is 0 Å². The fourth-order valence-corrected chi connectivity index (χ4v) is 1.98. The number of hydrogen-bond acceptors (Lipinski definition) is 2. The van der Waals surface area contributed by atoms with E-state index in [0.29, 0.717) is 18.1 Å². The predicted molar refractivity (Wildman–Crippen MR) is 83.7 cm³/mol. The summed E-state index contributed by atoms with van der Waals surface area (Å²) in [5.74, 6) is 1.77. The Hall–Kier alpha value is -2.81. The normalized spacial score (nSPS) is 10.2. The average Bonchev–Trinajstić information content (AvgIpc) is 2.57. The number of benzene rings is 3. The van der Waals surface area contributed by atoms with Crippen LogP contribution in [-0.2, 0) is 6.61 Å². The van der Waals surface area contributed by atoms with E-state index < -0.39 is 0 Å². The highest BCUT2D eigenvalue weighted by molar-refractivity contribution is 5.35. The Balaban J connectivity index is 1.59. The van der Waals surface area contributed by atoms with Crippen molar-refractivity contribution in [1.82, 2.24) is 0 Å². The fourth-order valence-electron chi connectivity index (χ4n) is 1.98. The number of halogens is 1. The molecule has 110 valence electrons. The van der Waals surface area contributed by atoms with Gasteiger partial charge in [0.05, 0.1) is 0 Å². The van der Waals surface area contributed by atoms with Gasteiger partial charge in [-0.25, -0.2) is 4.39 Å². The van der Waals surface area contributed by atoms with E-state index in [-0.39, 0.29) is 5.82 Å². The van der Waals surface area contributed by atoms with Gasteiger partial charge < -0.3 is 9.47 Å². The predicted octanol–water partition coefficient (Wildman–Crippen LogP) is 5.20. The highest BCUT2D eigenvalue weighted by atomic mass is 19.1. The van der Waals surface area contributed by atoms with Crippen LogP contribution in [0.4, 0.5) is 4.39 Å². The van der Waals surface area contributed by atoms with Gasteiger partial charge in [0.1, 0.15) is 29.7 Å². The van der Waals surface area contributed by atoms with Gasteiger partial charge in [-0.15, -0.1) is 0 Å². The molecule has 3 aromatic rings. The highest BCUT2D eigenvalue weighted by Gasteiger charge is 2.00. The quantitative estimate of drug-likeness (QED) is 0.644. The Kier molecular flexibility index (Phi) is 4.35. The third-order valence-electron chi connectivity index (χ3n) is 3.12. The third-order valence-corrected chi connectivity index (χ3v) is 3.12. The first-order chi connectivity index (χ1) is 10.8. The number of hydrogen-bond donors (Lipinski definition) is 0. The van der Waals surface area contributed by atoms with E-state index in [0.717, 1.165) is 11.3 Å². The minimum Gasteiger partial charge on any atom is -0.489 e. The average molecular weight is 294 g/mol. The van der Waals surface area contributed by atoms with Gasteiger partial charge in [0.25, 0.3) is 0 Å². The van der Waals surface area contributed by atoms with Gasteiger partial charge in [0.15, 0.2) is 0 Å². The lowest BCUT2D eigenvalue weighted by molar-refractivity contribution is 0.306. The van der Waals surface area contributed by atoms with E-state index >= 15 is 0 Å². The summed E-state index contributed by atoms with van der Waals surface area (Å²) in [6.07, 6.45) is 0. The molecule has 2 nitrogen and oxygen atoms in total. The molecule has 0 bridgehead atoms. The van der Waals surface area contributed by atoms with Crippen LogP contribution in [-0.4, -0.2) is 0 Å². The summed E-state index contributed by atoms with van der Waals surface area (Å²) in [5, 5.41) is 0. The number of ether oxygens (including phenoxy) is 2. The molecule has 0 aliphatic carbocycles. The molecule has 0 saturated carbocycles. The van der Waals surface area contributed by atoms with Crippen molar-refractivity contribution in [3.8, 4) is 17.2 Å². The standard InChI is InChI=1S/C19H15FO2/c20-16-6-8-18(9-7-16)22-19-12-10-17(11-13-19)21-14-15-4-2-1-3-5-15/h1-13H,14H2. The topological polar surface area (TPSA) is 18.5 Å². The molecule has 0 atom stereocenters. The molecule has 0 heterocycles. The number of rotatable bonds is 5.